The molecule has 0 unspecified atom stereocenters. The van der Waals surface area contributed by atoms with E-state index >= 15 is 0 Å². The van der Waals surface area contributed by atoms with Gasteiger partial charge in [0.05, 0.1) is 60.1 Å². The van der Waals surface area contributed by atoms with Crippen LogP contribution in [-0.2, 0) is 34.2 Å². The van der Waals surface area contributed by atoms with E-state index in [1.807, 2.05) is 60.8 Å². The van der Waals surface area contributed by atoms with Gasteiger partial charge in [0.2, 0.25) is 0 Å². The van der Waals surface area contributed by atoms with Gasteiger partial charge in [0.25, 0.3) is 0 Å². The molecule has 0 saturated carbocycles. The maximum atomic E-state index is 12.3. The van der Waals surface area contributed by atoms with Crippen LogP contribution in [0.25, 0.3) is 86.7 Å². The number of methoxy groups -OCH3 is 3. The number of halogens is 2. The molecule has 0 aliphatic heterocycles. The third-order valence-electron chi connectivity index (χ3n) is 10.2. The van der Waals surface area contributed by atoms with Gasteiger partial charge in [0, 0.05) is 98.4 Å². The number of aromatic nitrogens is 4. The number of carbonyl (C=O) groups excluding carboxylic acids is 5. The Labute approximate surface area is 396 Å². The average Bonchev–Trinajstić information content (AvgIpc) is 3.30. The Morgan fingerprint density at radius 3 is 1.29 bits per heavy atom. The third kappa shape index (κ3) is 9.12. The number of nitrogens with zero attached hydrogens (tertiary/aromatic N) is 5. The van der Waals surface area contributed by atoms with Gasteiger partial charge in [-0.25, -0.2) is 14.4 Å². The normalized spacial score (nSPS) is 10.9. The van der Waals surface area contributed by atoms with Crippen LogP contribution in [0.5, 0.6) is 0 Å². The summed E-state index contributed by atoms with van der Waals surface area (Å²) in [5, 5.41) is 10.9. The summed E-state index contributed by atoms with van der Waals surface area (Å²) in [7, 11) is 3.75. The molecule has 6 aromatic carbocycles. The average molecular weight is 1050 g/mol. The van der Waals surface area contributed by atoms with E-state index < -0.39 is 28.3 Å². The molecule has 0 spiro atoms. The number of fused-ring (bicyclic) bond motifs is 4. The Kier molecular flexibility index (Phi) is 15.0. The molecule has 0 fully saturated rings. The first-order valence-electron chi connectivity index (χ1n) is 18.5. The minimum atomic E-state index is -4.67. The van der Waals surface area contributed by atoms with Crippen LogP contribution in [0, 0.1) is 6.92 Å². The molecule has 2 N–H and O–H groups in total. The molecule has 10 aromatic rings. The van der Waals surface area contributed by atoms with Crippen LogP contribution in [0.1, 0.15) is 36.6 Å². The zero-order valence-corrected chi connectivity index (χ0v) is 39.4. The van der Waals surface area contributed by atoms with Crippen molar-refractivity contribution in [3.63, 3.8) is 0 Å². The molecule has 0 atom stereocenters. The van der Waals surface area contributed by atoms with Crippen LogP contribution in [0.3, 0.4) is 0 Å². The molecule has 331 valence electrons. The number of carbonyl (C=O) groups is 3. The monoisotopic (exact) mass is 1050 g/mol. The van der Waals surface area contributed by atoms with Crippen molar-refractivity contribution in [3.8, 4) is 0 Å². The summed E-state index contributed by atoms with van der Waals surface area (Å²) in [5.41, 5.74) is 5.61. The molecular formula is C44H29BBr2N5O12S2. The van der Waals surface area contributed by atoms with Crippen molar-refractivity contribution in [2.45, 2.75) is 6.92 Å². The molecule has 1 radical (unpaired) electrons. The fourth-order valence-corrected chi connectivity index (χ4v) is 9.04. The number of ether oxygens (including phenoxy) is 3. The summed E-state index contributed by atoms with van der Waals surface area (Å²) < 4.78 is 50.9. The zero-order chi connectivity index (χ0) is 48.2. The van der Waals surface area contributed by atoms with Crippen molar-refractivity contribution in [3.05, 3.63) is 117 Å². The number of pyridine rings is 4. The number of esters is 3. The number of hydrogen-bond donors (Lipinski definition) is 3. The standard InChI is InChI=1S/C22H14N2O4.C21H12Br2N2O2.CO2.BHNS.H2O4S/c1-27-21(25)15-9-23-19-14-8-4-6-12-16(22(26)28-2)10-24-20(18(12)14)13-7-3-5-11(15)17(13)19;1-9-7-24-19-11-4-6-14(23)16-12(21(26)27-2)8-25-20(18(11)16)10-3-5-13(22)15(9)17(10)19;2-1-3;1-2-3;1-5(2,3)4/h3-10H,1-2H3;3-8H,1-2H3;;3H;(H2,1,2,3,4). The van der Waals surface area contributed by atoms with Gasteiger partial charge in [-0.3, -0.25) is 29.0 Å². The van der Waals surface area contributed by atoms with E-state index in [0.29, 0.717) is 16.7 Å². The van der Waals surface area contributed by atoms with Gasteiger partial charge in [-0.2, -0.15) is 18.0 Å². The van der Waals surface area contributed by atoms with E-state index in [-0.39, 0.29) is 6.15 Å². The van der Waals surface area contributed by atoms with Crippen molar-refractivity contribution < 1.29 is 55.7 Å². The second-order valence-corrected chi connectivity index (χ2v) is 16.5. The Morgan fingerprint density at radius 2 is 0.879 bits per heavy atom. The van der Waals surface area contributed by atoms with Gasteiger partial charge in [-0.15, -0.1) is 0 Å². The maximum absolute atomic E-state index is 12.3. The topological polar surface area (TPSA) is 252 Å². The van der Waals surface area contributed by atoms with E-state index in [1.54, 1.807) is 6.20 Å². The Bertz CT molecular complexity index is 3530. The molecule has 0 saturated heterocycles. The Hall–Kier alpha value is -6.65. The van der Waals surface area contributed by atoms with Crippen molar-refractivity contribution in [2.75, 3.05) is 21.3 Å². The zero-order valence-electron chi connectivity index (χ0n) is 34.5. The first kappa shape index (κ1) is 48.8. The third-order valence-corrected chi connectivity index (χ3v) is 11.5. The number of hydrogen-bond acceptors (Lipinski definition) is 16. The molecule has 17 nitrogen and oxygen atoms in total. The first-order valence-corrected chi connectivity index (χ1v) is 21.9. The summed E-state index contributed by atoms with van der Waals surface area (Å²) in [4.78, 5) is 71.6. The molecule has 0 aliphatic carbocycles. The summed E-state index contributed by atoms with van der Waals surface area (Å²) in [6.45, 7) is 2.06. The van der Waals surface area contributed by atoms with E-state index in [4.69, 9.17) is 46.3 Å². The second kappa shape index (κ2) is 20.3. The van der Waals surface area contributed by atoms with Crippen molar-refractivity contribution in [1.82, 2.24) is 19.9 Å². The van der Waals surface area contributed by atoms with Crippen LogP contribution >= 0.6 is 44.7 Å². The summed E-state index contributed by atoms with van der Waals surface area (Å²) in [6, 6.07) is 19.5. The Morgan fingerprint density at radius 1 is 0.576 bits per heavy atom. The van der Waals surface area contributed by atoms with Crippen molar-refractivity contribution in [1.29, 1.82) is 0 Å². The van der Waals surface area contributed by atoms with Crippen LogP contribution < -0.4 is 0 Å². The molecule has 0 amide bonds. The van der Waals surface area contributed by atoms with Crippen LogP contribution in [0.15, 0.2) is 98.7 Å². The van der Waals surface area contributed by atoms with Crippen LogP contribution in [-0.4, -0.2) is 90.5 Å². The SMILES string of the molecule is COC(=O)c1cnc2c3ccc(Br)c4c(C)cnc(c5ccc(Br)c1c52)c43.COC(=O)c1cnc2c3cccc4c(C(=O)OC)cnc(c5cccc1c52)c43.O=C=O.O=S(=O)(O)O.[B]=NS. The number of thiol groups is 1. The number of benzene rings is 6. The molecule has 22 heteroatoms. The number of aryl methyl sites for hydroxylation is 1. The predicted molar refractivity (Wildman–Crippen MR) is 257 cm³/mol. The molecule has 10 rings (SSSR count). The Balaban J connectivity index is 0.000000179. The van der Waals surface area contributed by atoms with E-state index in [0.717, 1.165) is 101 Å². The van der Waals surface area contributed by atoms with Gasteiger partial charge < -0.3 is 14.2 Å². The molecular weight excluding hydrogens is 1030 g/mol. The minimum absolute atomic E-state index is 0.250. The molecule has 4 heterocycles. The van der Waals surface area contributed by atoms with Gasteiger partial charge >= 0.3 is 59.2 Å². The molecule has 0 bridgehead atoms. The fourth-order valence-electron chi connectivity index (χ4n) is 7.85. The van der Waals surface area contributed by atoms with Gasteiger partial charge in [-0.1, -0.05) is 80.4 Å². The van der Waals surface area contributed by atoms with E-state index in [9.17, 15) is 14.4 Å². The van der Waals surface area contributed by atoms with Gasteiger partial charge in [-0.05, 0) is 24.6 Å². The first-order chi connectivity index (χ1) is 31.5. The second-order valence-electron chi connectivity index (χ2n) is 13.6. The molecule has 0 aliphatic rings. The van der Waals surface area contributed by atoms with Crippen LogP contribution in [0.4, 0.5) is 0 Å². The van der Waals surface area contributed by atoms with Gasteiger partial charge in [0.15, 0.2) is 0 Å². The van der Waals surface area contributed by atoms with Crippen molar-refractivity contribution >= 4 is 173 Å². The number of rotatable bonds is 3. The molecule has 4 aromatic heterocycles. The van der Waals surface area contributed by atoms with Crippen LogP contribution in [0.2, 0.25) is 0 Å². The summed E-state index contributed by atoms with van der Waals surface area (Å²) >= 11 is 10.5. The van der Waals surface area contributed by atoms with Gasteiger partial charge in [0.1, 0.15) is 0 Å². The fraction of sp³-hybridized carbons (Fsp3) is 0.0909. The van der Waals surface area contributed by atoms with E-state index in [2.05, 4.69) is 84.6 Å². The molecule has 66 heavy (non-hydrogen) atoms. The quantitative estimate of drug-likeness (QED) is 0.0284. The summed E-state index contributed by atoms with van der Waals surface area (Å²) in [5.74, 6) is -1.28. The van der Waals surface area contributed by atoms with Crippen molar-refractivity contribution in [2.24, 2.45) is 4.30 Å². The van der Waals surface area contributed by atoms with E-state index in [1.165, 1.54) is 33.7 Å². The predicted octanol–water partition coefficient (Wildman–Crippen LogP) is 9.19. The summed E-state index contributed by atoms with van der Waals surface area (Å²) in [6.07, 6.45) is 6.81.